The molecule has 9 heteroatoms. The molecular formula is C29H36N4O5. The number of ether oxygens (including phenoxy) is 2. The first-order valence-corrected chi connectivity index (χ1v) is 12.2. The third-order valence-electron chi connectivity index (χ3n) is 5.51. The molecule has 2 unspecified atom stereocenters. The number of methoxy groups -OCH3 is 1. The lowest BCUT2D eigenvalue weighted by molar-refractivity contribution is -0.140. The van der Waals surface area contributed by atoms with Gasteiger partial charge in [-0.2, -0.15) is 5.26 Å². The van der Waals surface area contributed by atoms with Gasteiger partial charge in [0, 0.05) is 5.69 Å². The van der Waals surface area contributed by atoms with Crippen molar-refractivity contribution in [3.63, 3.8) is 0 Å². The summed E-state index contributed by atoms with van der Waals surface area (Å²) in [6.45, 7) is 12.1. The summed E-state index contributed by atoms with van der Waals surface area (Å²) in [6, 6.07) is 13.5. The maximum Gasteiger partial charge on any atom is 0.408 e. The van der Waals surface area contributed by atoms with Crippen LogP contribution in [0.5, 0.6) is 5.75 Å². The lowest BCUT2D eigenvalue weighted by Crippen LogP contribution is -2.54. The van der Waals surface area contributed by atoms with E-state index in [4.69, 9.17) is 9.47 Å². The van der Waals surface area contributed by atoms with Crippen LogP contribution < -0.4 is 15.4 Å². The predicted molar refractivity (Wildman–Crippen MR) is 146 cm³/mol. The molecular weight excluding hydrogens is 484 g/mol. The highest BCUT2D eigenvalue weighted by Crippen LogP contribution is 2.27. The molecule has 2 aromatic carbocycles. The van der Waals surface area contributed by atoms with Crippen molar-refractivity contribution in [2.45, 2.75) is 52.3 Å². The Morgan fingerprint density at radius 1 is 1.13 bits per heavy atom. The van der Waals surface area contributed by atoms with E-state index in [2.05, 4.69) is 17.2 Å². The number of anilines is 1. The van der Waals surface area contributed by atoms with Gasteiger partial charge in [-0.15, -0.1) is 0 Å². The first-order chi connectivity index (χ1) is 17.9. The molecule has 3 amide bonds. The monoisotopic (exact) mass is 520 g/mol. The Morgan fingerprint density at radius 2 is 1.79 bits per heavy atom. The Bertz CT molecular complexity index is 1180. The van der Waals surface area contributed by atoms with Gasteiger partial charge >= 0.3 is 6.09 Å². The standard InChI is InChI=1S/C29H36N4O5/c1-8-20-10-9-11-21(18-20)25(26(34)31-22-12-14-23(37-7)15-13-22)33(17-16-30)27(35)24(19(2)3)32-28(36)38-29(4,5)6/h8-15,18-19,24-25H,1,17H2,2-7H3,(H,31,34)(H,32,36). The van der Waals surface area contributed by atoms with Gasteiger partial charge in [-0.1, -0.05) is 44.7 Å². The molecule has 0 aromatic heterocycles. The number of carbonyl (C=O) groups is 3. The molecule has 0 saturated heterocycles. The number of amides is 3. The third-order valence-corrected chi connectivity index (χ3v) is 5.51. The zero-order chi connectivity index (χ0) is 28.5. The van der Waals surface area contributed by atoms with Crippen LogP contribution in [0.25, 0.3) is 6.08 Å². The second-order valence-electron chi connectivity index (χ2n) is 9.99. The minimum atomic E-state index is -1.18. The Balaban J connectivity index is 2.51. The molecule has 2 aromatic rings. The quantitative estimate of drug-likeness (QED) is 0.429. The van der Waals surface area contributed by atoms with E-state index in [1.54, 1.807) is 83.2 Å². The first kappa shape index (κ1) is 29.9. The Morgan fingerprint density at radius 3 is 2.32 bits per heavy atom. The van der Waals surface area contributed by atoms with Gasteiger partial charge in [0.15, 0.2) is 0 Å². The van der Waals surface area contributed by atoms with E-state index in [9.17, 15) is 19.6 Å². The summed E-state index contributed by atoms with van der Waals surface area (Å²) in [6.07, 6.45) is 0.855. The maximum absolute atomic E-state index is 13.9. The molecule has 9 nitrogen and oxygen atoms in total. The van der Waals surface area contributed by atoms with Crippen LogP contribution in [0.4, 0.5) is 10.5 Å². The van der Waals surface area contributed by atoms with Crippen molar-refractivity contribution in [1.29, 1.82) is 5.26 Å². The molecule has 2 N–H and O–H groups in total. The summed E-state index contributed by atoms with van der Waals surface area (Å²) >= 11 is 0. The summed E-state index contributed by atoms with van der Waals surface area (Å²) in [7, 11) is 1.54. The van der Waals surface area contributed by atoms with Crippen LogP contribution in [-0.2, 0) is 14.3 Å². The maximum atomic E-state index is 13.9. The second kappa shape index (κ2) is 13.3. The van der Waals surface area contributed by atoms with Gasteiger partial charge in [-0.05, 0) is 68.1 Å². The van der Waals surface area contributed by atoms with Crippen molar-refractivity contribution in [3.05, 3.63) is 66.2 Å². The average Bonchev–Trinajstić information content (AvgIpc) is 2.86. The van der Waals surface area contributed by atoms with Crippen LogP contribution in [0.3, 0.4) is 0 Å². The molecule has 0 heterocycles. The van der Waals surface area contributed by atoms with Gasteiger partial charge in [0.25, 0.3) is 5.91 Å². The van der Waals surface area contributed by atoms with Gasteiger partial charge in [0.2, 0.25) is 5.91 Å². The van der Waals surface area contributed by atoms with E-state index >= 15 is 0 Å². The molecule has 38 heavy (non-hydrogen) atoms. The number of carbonyl (C=O) groups excluding carboxylic acids is 3. The lowest BCUT2D eigenvalue weighted by atomic mass is 9.97. The van der Waals surface area contributed by atoms with E-state index < -0.39 is 42.1 Å². The van der Waals surface area contributed by atoms with Crippen LogP contribution >= 0.6 is 0 Å². The largest absolute Gasteiger partial charge is 0.497 e. The summed E-state index contributed by atoms with van der Waals surface area (Å²) in [4.78, 5) is 41.3. The molecule has 0 fully saturated rings. The molecule has 0 aliphatic carbocycles. The van der Waals surface area contributed by atoms with Crippen LogP contribution in [-0.4, -0.2) is 48.1 Å². The minimum absolute atomic E-state index is 0.360. The number of nitriles is 1. The zero-order valence-corrected chi connectivity index (χ0v) is 22.8. The van der Waals surface area contributed by atoms with Gasteiger partial charge in [-0.3, -0.25) is 9.59 Å². The lowest BCUT2D eigenvalue weighted by Gasteiger charge is -2.34. The summed E-state index contributed by atoms with van der Waals surface area (Å²) in [5.74, 6) is -0.861. The number of hydrogen-bond donors (Lipinski definition) is 2. The van der Waals surface area contributed by atoms with E-state index in [1.807, 2.05) is 12.1 Å². The van der Waals surface area contributed by atoms with Gasteiger partial charge in [0.05, 0.1) is 13.2 Å². The van der Waals surface area contributed by atoms with Gasteiger partial charge in [0.1, 0.15) is 30.0 Å². The van der Waals surface area contributed by atoms with Crippen molar-refractivity contribution in [1.82, 2.24) is 10.2 Å². The summed E-state index contributed by atoms with van der Waals surface area (Å²) in [5, 5.41) is 15.1. The fourth-order valence-electron chi connectivity index (χ4n) is 3.71. The third kappa shape index (κ3) is 8.37. The van der Waals surface area contributed by atoms with Crippen LogP contribution in [0.2, 0.25) is 0 Å². The zero-order valence-electron chi connectivity index (χ0n) is 22.8. The first-order valence-electron chi connectivity index (χ1n) is 12.2. The van der Waals surface area contributed by atoms with Gasteiger partial charge < -0.3 is 25.0 Å². The summed E-state index contributed by atoms with van der Waals surface area (Å²) in [5.41, 5.74) is 0.933. The van der Waals surface area contributed by atoms with Crippen molar-refractivity contribution < 1.29 is 23.9 Å². The topological polar surface area (TPSA) is 121 Å². The number of alkyl carbamates (subject to hydrolysis) is 1. The van der Waals surface area contributed by atoms with E-state index in [1.165, 1.54) is 12.0 Å². The number of benzene rings is 2. The normalized spacial score (nSPS) is 12.5. The van der Waals surface area contributed by atoms with Crippen LogP contribution in [0, 0.1) is 17.2 Å². The van der Waals surface area contributed by atoms with Crippen LogP contribution in [0.15, 0.2) is 55.1 Å². The van der Waals surface area contributed by atoms with E-state index in [0.717, 1.165) is 5.56 Å². The predicted octanol–water partition coefficient (Wildman–Crippen LogP) is 4.92. The van der Waals surface area contributed by atoms with Crippen LogP contribution in [0.1, 0.15) is 51.8 Å². The highest BCUT2D eigenvalue weighted by atomic mass is 16.6. The molecule has 0 radical (unpaired) electrons. The fraction of sp³-hybridized carbons (Fsp3) is 0.379. The van der Waals surface area contributed by atoms with Crippen molar-refractivity contribution in [3.8, 4) is 11.8 Å². The fourth-order valence-corrected chi connectivity index (χ4v) is 3.71. The molecule has 0 bridgehead atoms. The van der Waals surface area contributed by atoms with E-state index in [0.29, 0.717) is 17.0 Å². The minimum Gasteiger partial charge on any atom is -0.497 e. The smallest absolute Gasteiger partial charge is 0.408 e. The molecule has 2 rings (SSSR count). The number of rotatable bonds is 10. The molecule has 2 atom stereocenters. The molecule has 0 saturated carbocycles. The SMILES string of the molecule is C=Cc1cccc(C(C(=O)Nc2ccc(OC)cc2)N(CC#N)C(=O)C(NC(=O)OC(C)(C)C)C(C)C)c1. The van der Waals surface area contributed by atoms with Gasteiger partial charge in [-0.25, -0.2) is 4.79 Å². The molecule has 0 aliphatic heterocycles. The second-order valence-corrected chi connectivity index (χ2v) is 9.99. The Hall–Kier alpha value is -4.32. The molecule has 0 spiro atoms. The summed E-state index contributed by atoms with van der Waals surface area (Å²) < 4.78 is 10.5. The Labute approximate surface area is 224 Å². The van der Waals surface area contributed by atoms with Crippen molar-refractivity contribution >= 4 is 29.7 Å². The number of nitrogens with one attached hydrogen (secondary N) is 2. The molecule has 0 aliphatic rings. The van der Waals surface area contributed by atoms with E-state index in [-0.39, 0.29) is 5.92 Å². The number of hydrogen-bond acceptors (Lipinski definition) is 6. The average molecular weight is 521 g/mol. The Kier molecular flexibility index (Phi) is 10.5. The molecule has 202 valence electrons. The number of nitrogens with zero attached hydrogens (tertiary/aromatic N) is 2. The van der Waals surface area contributed by atoms with Crippen molar-refractivity contribution in [2.75, 3.05) is 19.0 Å². The van der Waals surface area contributed by atoms with Crippen molar-refractivity contribution in [2.24, 2.45) is 5.92 Å². The highest BCUT2D eigenvalue weighted by molar-refractivity contribution is 5.99. The highest BCUT2D eigenvalue weighted by Gasteiger charge is 2.37.